The molecule has 0 aliphatic carbocycles. The average molecular weight is 307 g/mol. The maximum absolute atomic E-state index is 11.4. The fourth-order valence-electron chi connectivity index (χ4n) is 0.983. The van der Waals surface area contributed by atoms with Gasteiger partial charge < -0.3 is 4.74 Å². The third-order valence-electron chi connectivity index (χ3n) is 1.83. The molecule has 16 heavy (non-hydrogen) atoms. The lowest BCUT2D eigenvalue weighted by Gasteiger charge is -2.10. The van der Waals surface area contributed by atoms with Crippen molar-refractivity contribution in [3.63, 3.8) is 0 Å². The monoisotopic (exact) mass is 305 g/mol. The Hall–Kier alpha value is -0.740. The van der Waals surface area contributed by atoms with Crippen molar-refractivity contribution < 1.29 is 9.53 Å². The average Bonchev–Trinajstić information content (AvgIpc) is 2.26. The molecule has 0 bridgehead atoms. The minimum absolute atomic E-state index is 0.296. The topological polar surface area (TPSA) is 38.3 Å². The number of hydrogen-bond donors (Lipinski definition) is 1. The number of hydrogen-bond acceptors (Lipinski definition) is 2. The van der Waals surface area contributed by atoms with Crippen molar-refractivity contribution in [2.45, 2.75) is 6.92 Å². The standard InChI is InChI=1S/C11H13BrClNO2/c1-8(6-12)7-16-11(15)14-10-4-2-3-9(13)5-10/h2-5,8H,6-7H2,1H3,(H,14,15). The Balaban J connectivity index is 2.40. The van der Waals surface area contributed by atoms with Crippen molar-refractivity contribution in [3.05, 3.63) is 29.3 Å². The molecule has 0 fully saturated rings. The number of anilines is 1. The molecule has 0 radical (unpaired) electrons. The molecule has 0 aliphatic rings. The number of benzene rings is 1. The van der Waals surface area contributed by atoms with Crippen LogP contribution in [0.1, 0.15) is 6.92 Å². The maximum atomic E-state index is 11.4. The number of alkyl halides is 1. The van der Waals surface area contributed by atoms with Crippen molar-refractivity contribution >= 4 is 39.3 Å². The fourth-order valence-corrected chi connectivity index (χ4v) is 1.36. The Labute approximate surface area is 108 Å². The maximum Gasteiger partial charge on any atom is 0.411 e. The first-order chi connectivity index (χ1) is 7.61. The van der Waals surface area contributed by atoms with Crippen LogP contribution in [-0.2, 0) is 4.74 Å². The molecule has 1 aromatic carbocycles. The number of rotatable bonds is 4. The van der Waals surface area contributed by atoms with Crippen molar-refractivity contribution in [1.29, 1.82) is 0 Å². The molecular formula is C11H13BrClNO2. The molecule has 1 atom stereocenters. The second kappa shape index (κ2) is 6.76. The molecule has 0 saturated carbocycles. The summed E-state index contributed by atoms with van der Waals surface area (Å²) in [5.41, 5.74) is 0.629. The lowest BCUT2D eigenvalue weighted by molar-refractivity contribution is 0.148. The van der Waals surface area contributed by atoms with Crippen LogP contribution in [0.15, 0.2) is 24.3 Å². The summed E-state index contributed by atoms with van der Waals surface area (Å²) < 4.78 is 5.02. The summed E-state index contributed by atoms with van der Waals surface area (Å²) in [6, 6.07) is 6.92. The van der Waals surface area contributed by atoms with Gasteiger partial charge in [-0.15, -0.1) is 0 Å². The second-order valence-corrected chi connectivity index (χ2v) is 4.58. The lowest BCUT2D eigenvalue weighted by atomic mass is 10.2. The zero-order chi connectivity index (χ0) is 12.0. The summed E-state index contributed by atoms with van der Waals surface area (Å²) in [7, 11) is 0. The van der Waals surface area contributed by atoms with E-state index in [2.05, 4.69) is 21.2 Å². The molecule has 1 unspecified atom stereocenters. The van der Waals surface area contributed by atoms with E-state index in [-0.39, 0.29) is 0 Å². The van der Waals surface area contributed by atoms with E-state index >= 15 is 0 Å². The van der Waals surface area contributed by atoms with Crippen molar-refractivity contribution in [2.75, 3.05) is 17.3 Å². The number of carbonyl (C=O) groups is 1. The highest BCUT2D eigenvalue weighted by atomic mass is 79.9. The van der Waals surface area contributed by atoms with Crippen LogP contribution in [0.5, 0.6) is 0 Å². The minimum atomic E-state index is -0.463. The van der Waals surface area contributed by atoms with Crippen molar-refractivity contribution in [1.82, 2.24) is 0 Å². The van der Waals surface area contributed by atoms with Gasteiger partial charge in [-0.2, -0.15) is 0 Å². The number of ether oxygens (including phenoxy) is 1. The van der Waals surface area contributed by atoms with E-state index in [0.29, 0.717) is 23.2 Å². The Morgan fingerprint density at radius 2 is 2.38 bits per heavy atom. The highest BCUT2D eigenvalue weighted by Crippen LogP contribution is 2.15. The Bertz CT molecular complexity index is 360. The van der Waals surface area contributed by atoms with E-state index in [9.17, 15) is 4.79 Å². The van der Waals surface area contributed by atoms with Crippen LogP contribution >= 0.6 is 27.5 Å². The first kappa shape index (κ1) is 13.3. The molecular weight excluding hydrogens is 293 g/mol. The summed E-state index contributed by atoms with van der Waals surface area (Å²) in [5.74, 6) is 0.296. The van der Waals surface area contributed by atoms with Gasteiger partial charge in [-0.25, -0.2) is 4.79 Å². The van der Waals surface area contributed by atoms with E-state index in [1.807, 2.05) is 6.92 Å². The minimum Gasteiger partial charge on any atom is -0.449 e. The van der Waals surface area contributed by atoms with Gasteiger partial charge in [0.2, 0.25) is 0 Å². The third kappa shape index (κ3) is 4.86. The predicted molar refractivity (Wildman–Crippen MR) is 69.4 cm³/mol. The highest BCUT2D eigenvalue weighted by Gasteiger charge is 2.06. The van der Waals surface area contributed by atoms with Crippen LogP contribution in [0, 0.1) is 5.92 Å². The fraction of sp³-hybridized carbons (Fsp3) is 0.364. The molecule has 1 rings (SSSR count). The smallest absolute Gasteiger partial charge is 0.411 e. The molecule has 0 spiro atoms. The van der Waals surface area contributed by atoms with Crippen LogP contribution in [0.2, 0.25) is 5.02 Å². The molecule has 1 aromatic rings. The van der Waals surface area contributed by atoms with E-state index in [1.165, 1.54) is 0 Å². The largest absolute Gasteiger partial charge is 0.449 e. The van der Waals surface area contributed by atoms with Gasteiger partial charge in [0.05, 0.1) is 6.61 Å². The SMILES string of the molecule is CC(CBr)COC(=O)Nc1cccc(Cl)c1. The lowest BCUT2D eigenvalue weighted by Crippen LogP contribution is -2.18. The van der Waals surface area contributed by atoms with Crippen LogP contribution < -0.4 is 5.32 Å². The third-order valence-corrected chi connectivity index (χ3v) is 3.17. The van der Waals surface area contributed by atoms with Gasteiger partial charge in [0.1, 0.15) is 0 Å². The summed E-state index contributed by atoms with van der Waals surface area (Å²) >= 11 is 9.09. The zero-order valence-corrected chi connectivity index (χ0v) is 11.2. The number of carbonyl (C=O) groups excluding carboxylic acids is 1. The second-order valence-electron chi connectivity index (χ2n) is 3.49. The highest BCUT2D eigenvalue weighted by molar-refractivity contribution is 9.09. The Morgan fingerprint density at radius 1 is 1.62 bits per heavy atom. The number of halogens is 2. The zero-order valence-electron chi connectivity index (χ0n) is 8.87. The summed E-state index contributed by atoms with van der Waals surface area (Å²) in [5, 5.41) is 3.98. The predicted octanol–water partition coefficient (Wildman–Crippen LogP) is 3.92. The molecule has 1 N–H and O–H groups in total. The van der Waals surface area contributed by atoms with Crippen molar-refractivity contribution in [2.24, 2.45) is 5.92 Å². The molecule has 3 nitrogen and oxygen atoms in total. The van der Waals surface area contributed by atoms with E-state index < -0.39 is 6.09 Å². The van der Waals surface area contributed by atoms with E-state index in [4.69, 9.17) is 16.3 Å². The van der Waals surface area contributed by atoms with Gasteiger partial charge in [-0.1, -0.05) is 40.5 Å². The van der Waals surface area contributed by atoms with Gasteiger partial charge in [-0.3, -0.25) is 5.32 Å². The van der Waals surface area contributed by atoms with Gasteiger partial charge >= 0.3 is 6.09 Å². The molecule has 0 saturated heterocycles. The van der Waals surface area contributed by atoms with Crippen molar-refractivity contribution in [3.8, 4) is 0 Å². The quantitative estimate of drug-likeness (QED) is 0.856. The van der Waals surface area contributed by atoms with Crippen LogP contribution in [0.4, 0.5) is 10.5 Å². The molecule has 5 heteroatoms. The number of amides is 1. The van der Waals surface area contributed by atoms with Crippen LogP contribution in [0.3, 0.4) is 0 Å². The van der Waals surface area contributed by atoms with Gasteiger partial charge in [0, 0.05) is 22.0 Å². The normalized spacial score (nSPS) is 11.9. The van der Waals surface area contributed by atoms with Gasteiger partial charge in [0.15, 0.2) is 0 Å². The van der Waals surface area contributed by atoms with Gasteiger partial charge in [-0.05, 0) is 18.2 Å². The summed E-state index contributed by atoms with van der Waals surface area (Å²) in [4.78, 5) is 11.4. The van der Waals surface area contributed by atoms with E-state index in [0.717, 1.165) is 5.33 Å². The number of nitrogens with one attached hydrogen (secondary N) is 1. The summed E-state index contributed by atoms with van der Waals surface area (Å²) in [6.07, 6.45) is -0.463. The van der Waals surface area contributed by atoms with Crippen LogP contribution in [0.25, 0.3) is 0 Å². The molecule has 0 heterocycles. The molecule has 88 valence electrons. The van der Waals surface area contributed by atoms with E-state index in [1.54, 1.807) is 24.3 Å². The van der Waals surface area contributed by atoms with Crippen LogP contribution in [-0.4, -0.2) is 18.0 Å². The summed E-state index contributed by atoms with van der Waals surface area (Å²) in [6.45, 7) is 2.37. The molecule has 0 aliphatic heterocycles. The molecule has 1 amide bonds. The molecule has 0 aromatic heterocycles. The Kier molecular flexibility index (Phi) is 5.63. The first-order valence-electron chi connectivity index (χ1n) is 4.87. The first-order valence-corrected chi connectivity index (χ1v) is 6.37. The van der Waals surface area contributed by atoms with Gasteiger partial charge in [0.25, 0.3) is 0 Å². The Morgan fingerprint density at radius 3 is 3.00 bits per heavy atom.